The van der Waals surface area contributed by atoms with Crippen molar-refractivity contribution in [2.75, 3.05) is 36.5 Å². The van der Waals surface area contributed by atoms with Gasteiger partial charge in [-0.2, -0.15) is 0 Å². The maximum Gasteiger partial charge on any atom is 0.336 e. The third-order valence-electron chi connectivity index (χ3n) is 4.60. The highest BCUT2D eigenvalue weighted by atomic mass is 16.6. The Bertz CT molecular complexity index is 937. The fraction of sp³-hybridized carbons (Fsp3) is 0.263. The second-order valence-electron chi connectivity index (χ2n) is 6.30. The average Bonchev–Trinajstić information content (AvgIpc) is 2.69. The molecule has 1 amide bonds. The number of rotatable bonds is 5. The van der Waals surface area contributed by atoms with Crippen molar-refractivity contribution in [3.63, 3.8) is 0 Å². The number of aromatic carboxylic acids is 1. The molecule has 9 heteroatoms. The lowest BCUT2D eigenvalue weighted by molar-refractivity contribution is -0.384. The number of benzene rings is 2. The van der Waals surface area contributed by atoms with E-state index in [0.717, 1.165) is 0 Å². The van der Waals surface area contributed by atoms with E-state index >= 15 is 0 Å². The van der Waals surface area contributed by atoms with Crippen molar-refractivity contribution in [2.24, 2.45) is 0 Å². The zero-order valence-corrected chi connectivity index (χ0v) is 15.2. The molecule has 9 nitrogen and oxygen atoms in total. The molecule has 3 rings (SSSR count). The number of hydrogen-bond donors (Lipinski definition) is 2. The molecule has 1 fully saturated rings. The number of hydrogen-bond acceptors (Lipinski definition) is 6. The molecule has 28 heavy (non-hydrogen) atoms. The van der Waals surface area contributed by atoms with E-state index in [1.165, 1.54) is 24.3 Å². The smallest absolute Gasteiger partial charge is 0.336 e. The lowest BCUT2D eigenvalue weighted by Crippen LogP contribution is -2.37. The van der Waals surface area contributed by atoms with E-state index in [1.54, 1.807) is 19.1 Å². The van der Waals surface area contributed by atoms with Gasteiger partial charge in [-0.15, -0.1) is 0 Å². The van der Waals surface area contributed by atoms with Gasteiger partial charge >= 0.3 is 5.97 Å². The normalized spacial score (nSPS) is 13.8. The molecule has 2 aromatic carbocycles. The van der Waals surface area contributed by atoms with Crippen LogP contribution >= 0.6 is 0 Å². The van der Waals surface area contributed by atoms with E-state index < -0.39 is 16.8 Å². The van der Waals surface area contributed by atoms with Crippen molar-refractivity contribution in [3.8, 4) is 0 Å². The van der Waals surface area contributed by atoms with E-state index in [9.17, 15) is 24.8 Å². The Kier molecular flexibility index (Phi) is 5.55. The lowest BCUT2D eigenvalue weighted by Gasteiger charge is -2.30. The van der Waals surface area contributed by atoms with Crippen molar-refractivity contribution in [1.29, 1.82) is 0 Å². The summed E-state index contributed by atoms with van der Waals surface area (Å²) in [6, 6.07) is 8.71. The summed E-state index contributed by atoms with van der Waals surface area (Å²) in [4.78, 5) is 36.8. The fourth-order valence-corrected chi connectivity index (χ4v) is 3.09. The maximum absolute atomic E-state index is 12.9. The number of carboxylic acids is 1. The molecule has 0 radical (unpaired) electrons. The van der Waals surface area contributed by atoms with Crippen molar-refractivity contribution in [3.05, 3.63) is 63.2 Å². The quantitative estimate of drug-likeness (QED) is 0.599. The van der Waals surface area contributed by atoms with Crippen molar-refractivity contribution < 1.29 is 24.4 Å². The van der Waals surface area contributed by atoms with Gasteiger partial charge in [-0.05, 0) is 30.7 Å². The third-order valence-corrected chi connectivity index (χ3v) is 4.60. The van der Waals surface area contributed by atoms with Gasteiger partial charge in [-0.1, -0.05) is 6.07 Å². The number of ether oxygens (including phenoxy) is 1. The predicted molar refractivity (Wildman–Crippen MR) is 102 cm³/mol. The van der Waals surface area contributed by atoms with Gasteiger partial charge in [0.05, 0.1) is 35.0 Å². The highest BCUT2D eigenvalue weighted by Gasteiger charge is 2.23. The van der Waals surface area contributed by atoms with Gasteiger partial charge in [0.15, 0.2) is 0 Å². The van der Waals surface area contributed by atoms with Crippen LogP contribution in [0.3, 0.4) is 0 Å². The summed E-state index contributed by atoms with van der Waals surface area (Å²) in [5.41, 5.74) is 1.34. The summed E-state index contributed by atoms with van der Waals surface area (Å²) < 4.78 is 5.32. The molecule has 2 N–H and O–H groups in total. The Morgan fingerprint density at radius 2 is 1.89 bits per heavy atom. The highest BCUT2D eigenvalue weighted by molar-refractivity contribution is 6.09. The SMILES string of the molecule is Cc1c(NC(=O)c2cc([N+](=O)[O-])ccc2N2CCOCC2)cccc1C(=O)O. The third kappa shape index (κ3) is 3.94. The van der Waals surface area contributed by atoms with Gasteiger partial charge in [0.2, 0.25) is 0 Å². The molecule has 0 unspecified atom stereocenters. The first kappa shape index (κ1) is 19.3. The number of nitrogens with one attached hydrogen (secondary N) is 1. The van der Waals surface area contributed by atoms with Crippen LogP contribution in [-0.4, -0.2) is 48.2 Å². The van der Waals surface area contributed by atoms with Crippen molar-refractivity contribution >= 4 is 28.9 Å². The number of nitro groups is 1. The first-order valence-corrected chi connectivity index (χ1v) is 8.64. The Balaban J connectivity index is 1.98. The Morgan fingerprint density at radius 1 is 1.18 bits per heavy atom. The second-order valence-corrected chi connectivity index (χ2v) is 6.30. The molecule has 0 bridgehead atoms. The molecule has 1 saturated heterocycles. The molecule has 0 saturated carbocycles. The van der Waals surface area contributed by atoms with Crippen LogP contribution in [0.1, 0.15) is 26.3 Å². The Labute approximate surface area is 160 Å². The maximum atomic E-state index is 12.9. The zero-order chi connectivity index (χ0) is 20.3. The minimum atomic E-state index is -1.10. The first-order valence-electron chi connectivity index (χ1n) is 8.64. The van der Waals surface area contributed by atoms with E-state index in [0.29, 0.717) is 43.2 Å². The molecule has 146 valence electrons. The number of carboxylic acid groups (broad SMARTS) is 1. The molecular weight excluding hydrogens is 366 g/mol. The van der Waals surface area contributed by atoms with E-state index in [-0.39, 0.29) is 16.8 Å². The number of carbonyl (C=O) groups excluding carboxylic acids is 1. The topological polar surface area (TPSA) is 122 Å². The van der Waals surface area contributed by atoms with E-state index in [1.807, 2.05) is 4.90 Å². The van der Waals surface area contributed by atoms with Crippen LogP contribution in [0.15, 0.2) is 36.4 Å². The standard InChI is InChI=1S/C19H19N3O6/c1-12-14(19(24)25)3-2-4-16(12)20-18(23)15-11-13(22(26)27)5-6-17(15)21-7-9-28-10-8-21/h2-6,11H,7-10H2,1H3,(H,20,23)(H,24,25). The van der Waals surface area contributed by atoms with Crippen LogP contribution in [0.25, 0.3) is 0 Å². The summed E-state index contributed by atoms with van der Waals surface area (Å²) in [5, 5.41) is 23.1. The monoisotopic (exact) mass is 385 g/mol. The number of carbonyl (C=O) groups is 2. The van der Waals surface area contributed by atoms with Gasteiger partial charge < -0.3 is 20.1 Å². The molecule has 1 heterocycles. The predicted octanol–water partition coefficient (Wildman–Crippen LogP) is 2.69. The Morgan fingerprint density at radius 3 is 2.54 bits per heavy atom. The van der Waals surface area contributed by atoms with Crippen LogP contribution in [0.5, 0.6) is 0 Å². The largest absolute Gasteiger partial charge is 0.478 e. The summed E-state index contributed by atoms with van der Waals surface area (Å²) in [5.74, 6) is -1.64. The summed E-state index contributed by atoms with van der Waals surface area (Å²) in [6.45, 7) is 3.71. The molecule has 0 atom stereocenters. The minimum Gasteiger partial charge on any atom is -0.478 e. The molecule has 1 aliphatic heterocycles. The number of nitrogens with zero attached hydrogens (tertiary/aromatic N) is 2. The van der Waals surface area contributed by atoms with Crippen LogP contribution in [0.4, 0.5) is 17.1 Å². The molecule has 0 aliphatic carbocycles. The second kappa shape index (κ2) is 8.05. The minimum absolute atomic E-state index is 0.0743. The van der Waals surface area contributed by atoms with Gasteiger partial charge in [0.1, 0.15) is 0 Å². The average molecular weight is 385 g/mol. The fourth-order valence-electron chi connectivity index (χ4n) is 3.09. The summed E-state index contributed by atoms with van der Waals surface area (Å²) in [7, 11) is 0. The van der Waals surface area contributed by atoms with Crippen LogP contribution in [0.2, 0.25) is 0 Å². The van der Waals surface area contributed by atoms with Crippen LogP contribution in [0, 0.1) is 17.0 Å². The van der Waals surface area contributed by atoms with E-state index in [2.05, 4.69) is 5.32 Å². The van der Waals surface area contributed by atoms with Gasteiger partial charge in [0.25, 0.3) is 11.6 Å². The first-order chi connectivity index (χ1) is 13.4. The van der Waals surface area contributed by atoms with Crippen molar-refractivity contribution in [2.45, 2.75) is 6.92 Å². The van der Waals surface area contributed by atoms with Gasteiger partial charge in [-0.3, -0.25) is 14.9 Å². The Hall–Kier alpha value is -3.46. The molecule has 0 spiro atoms. The number of amides is 1. The van der Waals surface area contributed by atoms with Gasteiger partial charge in [0, 0.05) is 30.9 Å². The van der Waals surface area contributed by atoms with Crippen LogP contribution in [-0.2, 0) is 4.74 Å². The highest BCUT2D eigenvalue weighted by Crippen LogP contribution is 2.28. The lowest BCUT2D eigenvalue weighted by atomic mass is 10.1. The zero-order valence-electron chi connectivity index (χ0n) is 15.2. The molecule has 1 aliphatic rings. The summed E-state index contributed by atoms with van der Waals surface area (Å²) in [6.07, 6.45) is 0. The number of non-ortho nitro benzene ring substituents is 1. The number of morpholine rings is 1. The summed E-state index contributed by atoms with van der Waals surface area (Å²) >= 11 is 0. The number of nitro benzene ring substituents is 1. The molecule has 2 aromatic rings. The van der Waals surface area contributed by atoms with Crippen molar-refractivity contribution in [1.82, 2.24) is 0 Å². The van der Waals surface area contributed by atoms with Crippen LogP contribution < -0.4 is 10.2 Å². The van der Waals surface area contributed by atoms with Gasteiger partial charge in [-0.25, -0.2) is 4.79 Å². The molecular formula is C19H19N3O6. The number of anilines is 2. The van der Waals surface area contributed by atoms with E-state index in [4.69, 9.17) is 4.74 Å². The molecule has 0 aromatic heterocycles.